The van der Waals surface area contributed by atoms with Gasteiger partial charge in [-0.2, -0.15) is 26.3 Å². The summed E-state index contributed by atoms with van der Waals surface area (Å²) in [4.78, 5) is 13.7. The molecule has 3 heterocycles. The van der Waals surface area contributed by atoms with E-state index in [2.05, 4.69) is 96.1 Å². The summed E-state index contributed by atoms with van der Waals surface area (Å²) in [5.41, 5.74) is 9.52. The molecule has 0 spiro atoms. The van der Waals surface area contributed by atoms with E-state index in [9.17, 15) is 25.8 Å². The second kappa shape index (κ2) is 34.3. The van der Waals surface area contributed by atoms with Crippen molar-refractivity contribution in [3.05, 3.63) is 295 Å². The molecule has 3 saturated heterocycles. The number of rotatable bonds is 18. The monoisotopic (exact) mass is 1390 g/mol. The zero-order valence-corrected chi connectivity index (χ0v) is 58.0. The molecule has 100 heavy (non-hydrogen) atoms. The summed E-state index contributed by atoms with van der Waals surface area (Å²) in [7, 11) is 0. The van der Waals surface area contributed by atoms with Gasteiger partial charge in [-0.3, -0.25) is 14.7 Å². The van der Waals surface area contributed by atoms with Gasteiger partial charge in [0.15, 0.2) is 0 Å². The van der Waals surface area contributed by atoms with Crippen LogP contribution in [0.5, 0.6) is 5.75 Å². The van der Waals surface area contributed by atoms with Gasteiger partial charge in [-0.15, -0.1) is 0 Å². The third-order valence-corrected chi connectivity index (χ3v) is 19.5. The summed E-state index contributed by atoms with van der Waals surface area (Å²) in [5.74, 6) is 0.626. The van der Waals surface area contributed by atoms with Crippen LogP contribution in [-0.2, 0) is 11.2 Å². The minimum absolute atomic E-state index is 0.00890. The van der Waals surface area contributed by atoms with E-state index < -0.39 is 11.2 Å². The second-order valence-corrected chi connectivity index (χ2v) is 26.6. The molecule has 0 aromatic heterocycles. The first-order chi connectivity index (χ1) is 48.5. The number of aliphatic hydroxyl groups excluding tert-OH is 2. The average molecular weight is 1390 g/mol. The summed E-state index contributed by atoms with van der Waals surface area (Å²) < 4.78 is 5.51. The SMILES string of the molecule is C[C@@](O)(CN1CCN(c2ccc(C#N)cc2Cl)[C@H](c2ccccc2)C1)c1ccc(C#N)cc1.C[C@@](O)(CN1CCN(c2ccc(OCCO)cc2Cl)[C@H](c2ccccc2)C1)c1ccc(C#N)cc1.N#Cc1ccc([C@@H](CO)N2CCN(c3ccc(C#N)cc3Cl)[C@H](c3ccccc3)C2)cc1. The first-order valence-corrected chi connectivity index (χ1v) is 34.2. The minimum atomic E-state index is -1.05. The van der Waals surface area contributed by atoms with Gasteiger partial charge in [0.2, 0.25) is 0 Å². The van der Waals surface area contributed by atoms with Gasteiger partial charge >= 0.3 is 0 Å². The second-order valence-electron chi connectivity index (χ2n) is 25.4. The normalized spacial score (nSPS) is 17.9. The van der Waals surface area contributed by atoms with E-state index in [1.165, 1.54) is 11.1 Å². The highest BCUT2D eigenvalue weighted by atomic mass is 35.5. The maximum atomic E-state index is 11.3. The van der Waals surface area contributed by atoms with Crippen LogP contribution >= 0.6 is 34.8 Å². The van der Waals surface area contributed by atoms with Gasteiger partial charge in [-0.1, -0.05) is 162 Å². The molecule has 6 atom stereocenters. The van der Waals surface area contributed by atoms with E-state index in [1.807, 2.05) is 129 Å². The summed E-state index contributed by atoms with van der Waals surface area (Å²) in [6.45, 7) is 11.3. The Morgan fingerprint density at radius 2 is 0.780 bits per heavy atom. The Labute approximate surface area is 600 Å². The van der Waals surface area contributed by atoms with Gasteiger partial charge < -0.3 is 39.9 Å². The van der Waals surface area contributed by atoms with Crippen molar-refractivity contribution in [3.63, 3.8) is 0 Å². The molecule has 9 aromatic carbocycles. The molecule has 3 fully saturated rings. The lowest BCUT2D eigenvalue weighted by Gasteiger charge is -2.46. The average Bonchev–Trinajstić information content (AvgIpc) is 0.797. The minimum Gasteiger partial charge on any atom is -0.491 e. The van der Waals surface area contributed by atoms with E-state index in [1.54, 1.807) is 66.7 Å². The van der Waals surface area contributed by atoms with Crippen LogP contribution < -0.4 is 19.4 Å². The molecule has 0 bridgehead atoms. The maximum Gasteiger partial charge on any atom is 0.121 e. The van der Waals surface area contributed by atoms with Crippen LogP contribution in [0.1, 0.15) is 99.2 Å². The molecular weight excluding hydrogens is 1310 g/mol. The number of hydrogen-bond acceptors (Lipinski definition) is 16. The van der Waals surface area contributed by atoms with E-state index in [4.69, 9.17) is 60.4 Å². The number of nitriles is 5. The Hall–Kier alpha value is -9.78. The van der Waals surface area contributed by atoms with Gasteiger partial charge in [0.25, 0.3) is 0 Å². The van der Waals surface area contributed by atoms with Crippen molar-refractivity contribution in [2.45, 2.75) is 49.2 Å². The van der Waals surface area contributed by atoms with Crippen LogP contribution in [-0.4, -0.2) is 127 Å². The Bertz CT molecular complexity index is 4410. The lowest BCUT2D eigenvalue weighted by Crippen LogP contribution is -2.52. The van der Waals surface area contributed by atoms with Crippen LogP contribution in [0.3, 0.4) is 0 Å². The van der Waals surface area contributed by atoms with Crippen molar-refractivity contribution in [2.24, 2.45) is 0 Å². The first-order valence-electron chi connectivity index (χ1n) is 33.1. The third kappa shape index (κ3) is 18.2. The van der Waals surface area contributed by atoms with Crippen LogP contribution in [0.15, 0.2) is 218 Å². The first kappa shape index (κ1) is 73.0. The highest BCUT2D eigenvalue weighted by Crippen LogP contribution is 2.42. The smallest absolute Gasteiger partial charge is 0.121 e. The molecule has 9 aromatic rings. The lowest BCUT2D eigenvalue weighted by molar-refractivity contribution is 0.00994. The Balaban J connectivity index is 0.000000162. The van der Waals surface area contributed by atoms with Gasteiger partial charge in [0.1, 0.15) is 12.4 Å². The molecule has 4 N–H and O–H groups in total. The largest absolute Gasteiger partial charge is 0.491 e. The number of β-amino-alcohol motifs (C(OH)–C–C–N with tert-alkyl or cyclic N) is 2. The van der Waals surface area contributed by atoms with Gasteiger partial charge in [0, 0.05) is 78.1 Å². The van der Waals surface area contributed by atoms with E-state index >= 15 is 0 Å². The van der Waals surface area contributed by atoms with Crippen molar-refractivity contribution in [1.82, 2.24) is 14.7 Å². The van der Waals surface area contributed by atoms with Crippen LogP contribution in [0.25, 0.3) is 0 Å². The van der Waals surface area contributed by atoms with E-state index in [0.29, 0.717) is 74.8 Å². The number of halogens is 3. The number of anilines is 3. The quantitative estimate of drug-likeness (QED) is 0.0626. The van der Waals surface area contributed by atoms with Crippen molar-refractivity contribution in [2.75, 3.05) is 107 Å². The molecule has 19 heteroatoms. The zero-order valence-electron chi connectivity index (χ0n) is 55.7. The van der Waals surface area contributed by atoms with Crippen molar-refractivity contribution in [1.29, 1.82) is 26.3 Å². The fourth-order valence-corrected chi connectivity index (χ4v) is 14.3. The fraction of sp³-hybridized carbons (Fsp3) is 0.272. The molecule has 0 unspecified atom stereocenters. The maximum absolute atomic E-state index is 11.3. The summed E-state index contributed by atoms with van der Waals surface area (Å²) in [6, 6.07) is 79.6. The Morgan fingerprint density at radius 3 is 1.14 bits per heavy atom. The molecular formula is C81H78Cl3N11O5. The van der Waals surface area contributed by atoms with Gasteiger partial charge in [0.05, 0.1) is 139 Å². The summed E-state index contributed by atoms with van der Waals surface area (Å²) in [6.07, 6.45) is 0. The van der Waals surface area contributed by atoms with Gasteiger partial charge in [-0.25, -0.2) is 0 Å². The number of nitrogens with zero attached hydrogens (tertiary/aromatic N) is 11. The van der Waals surface area contributed by atoms with Gasteiger partial charge in [-0.05, 0) is 132 Å². The van der Waals surface area contributed by atoms with E-state index in [-0.39, 0.29) is 44.0 Å². The molecule has 3 aliphatic rings. The van der Waals surface area contributed by atoms with E-state index in [0.717, 1.165) is 85.1 Å². The van der Waals surface area contributed by atoms with Crippen molar-refractivity contribution in [3.8, 4) is 36.1 Å². The standard InChI is InChI=1S/C28H30ClN3O3.C27H25ClN4O.C26H23ClN4O/c1-28(34,23-9-7-21(18-30)8-10-23)20-31-13-14-32(27(19-31)22-5-3-2-4-6-22)26-12-11-24(17-25(26)29)35-16-15-33;1-27(33,23-10-7-20(16-29)8-11-23)19-31-13-14-32(25-12-9-21(17-30)15-24(25)28)26(18-31)22-5-3-2-4-6-22;27-23-14-20(16-29)8-11-24(23)31-13-12-30(17-25(31)21-4-2-1-3-5-21)26(18-32)22-9-6-19(15-28)7-10-22/h2-12,17,27,33-34H,13-16,19-20H2,1H3;2-12,15,26,33H,13-14,18-19H2,1H3;1-11,14,25-26,32H,12-13,17-18H2/t27-,28+;26-,27+;25-,26+/m000/s1. The molecule has 508 valence electrons. The molecule has 0 aliphatic carbocycles. The Morgan fingerprint density at radius 1 is 0.430 bits per heavy atom. The topological polar surface area (TPSA) is 229 Å². The summed E-state index contributed by atoms with van der Waals surface area (Å²) in [5, 5.41) is 89.1. The number of ether oxygens (including phenoxy) is 1. The molecule has 0 radical (unpaired) electrons. The zero-order chi connectivity index (χ0) is 70.8. The van der Waals surface area contributed by atoms with Crippen LogP contribution in [0.2, 0.25) is 15.1 Å². The number of aliphatic hydroxyl groups is 4. The number of benzene rings is 9. The Kier molecular flexibility index (Phi) is 25.0. The molecule has 12 rings (SSSR count). The molecule has 3 aliphatic heterocycles. The highest BCUT2D eigenvalue weighted by Gasteiger charge is 2.37. The summed E-state index contributed by atoms with van der Waals surface area (Å²) >= 11 is 19.8. The molecule has 0 amide bonds. The fourth-order valence-electron chi connectivity index (χ4n) is 13.5. The lowest BCUT2D eigenvalue weighted by atomic mass is 9.93. The van der Waals surface area contributed by atoms with Crippen molar-refractivity contribution >= 4 is 51.9 Å². The predicted molar refractivity (Wildman–Crippen MR) is 393 cm³/mol. The van der Waals surface area contributed by atoms with Crippen LogP contribution in [0, 0.1) is 56.7 Å². The van der Waals surface area contributed by atoms with Crippen molar-refractivity contribution < 1.29 is 25.2 Å². The highest BCUT2D eigenvalue weighted by molar-refractivity contribution is 6.34. The molecule has 16 nitrogen and oxygen atoms in total. The number of hydrogen-bond donors (Lipinski definition) is 4. The predicted octanol–water partition coefficient (Wildman–Crippen LogP) is 13.9. The molecule has 0 saturated carbocycles. The third-order valence-electron chi connectivity index (χ3n) is 18.6. The number of piperazine rings is 3. The van der Waals surface area contributed by atoms with Crippen LogP contribution in [0.4, 0.5) is 17.1 Å².